The molecule has 0 aliphatic heterocycles. The molecule has 0 unspecified atom stereocenters. The molecule has 38 heavy (non-hydrogen) atoms. The Kier molecular flexibility index (Phi) is 9.87. The lowest BCUT2D eigenvalue weighted by atomic mass is 10.1. The number of halogens is 5. The Morgan fingerprint density at radius 1 is 1.05 bits per heavy atom. The summed E-state index contributed by atoms with van der Waals surface area (Å²) in [6.07, 6.45) is -3.61. The number of hydrogen-bond donors (Lipinski definition) is 3. The molecular weight excluding hydrogens is 544 g/mol. The molecule has 12 heteroatoms. The Morgan fingerprint density at radius 2 is 1.82 bits per heavy atom. The van der Waals surface area contributed by atoms with Crippen molar-refractivity contribution in [2.24, 2.45) is 5.10 Å². The van der Waals surface area contributed by atoms with Crippen molar-refractivity contribution in [2.45, 2.75) is 12.7 Å². The first-order valence-electron chi connectivity index (χ1n) is 11.2. The van der Waals surface area contributed by atoms with Crippen molar-refractivity contribution in [1.29, 1.82) is 0 Å². The molecule has 0 atom stereocenters. The first-order chi connectivity index (χ1) is 18.0. The van der Waals surface area contributed by atoms with Crippen molar-refractivity contribution in [3.05, 3.63) is 98.5 Å². The largest absolute Gasteiger partial charge is 0.417 e. The number of nitrogens with zero attached hydrogens (tertiary/aromatic N) is 2. The van der Waals surface area contributed by atoms with Crippen molar-refractivity contribution < 1.29 is 27.9 Å². The molecule has 3 N–H and O–H groups in total. The summed E-state index contributed by atoms with van der Waals surface area (Å²) in [6, 6.07) is 14.4. The maximum Gasteiger partial charge on any atom is 0.417 e. The molecule has 2 amide bonds. The summed E-state index contributed by atoms with van der Waals surface area (Å²) >= 11 is 11.7. The molecule has 0 bridgehead atoms. The van der Waals surface area contributed by atoms with E-state index in [9.17, 15) is 22.8 Å². The van der Waals surface area contributed by atoms with Crippen LogP contribution in [0.25, 0.3) is 0 Å². The number of hydrazone groups is 1. The molecule has 7 nitrogen and oxygen atoms in total. The Balaban J connectivity index is 1.75. The minimum atomic E-state index is -4.65. The topological polar surface area (TPSA) is 94.0 Å². The highest BCUT2D eigenvalue weighted by atomic mass is 35.5. The maximum atomic E-state index is 13.1. The van der Waals surface area contributed by atoms with Crippen LogP contribution in [0.2, 0.25) is 10.0 Å². The lowest BCUT2D eigenvalue weighted by Gasteiger charge is -2.16. The summed E-state index contributed by atoms with van der Waals surface area (Å²) in [5, 5.41) is 15.2. The Bertz CT molecular complexity index is 1350. The van der Waals surface area contributed by atoms with E-state index in [0.717, 1.165) is 23.9 Å². The third-order valence-electron chi connectivity index (χ3n) is 5.27. The number of aliphatic hydroxyl groups is 1. The normalized spacial score (nSPS) is 11.7. The van der Waals surface area contributed by atoms with Crippen LogP contribution >= 0.6 is 23.2 Å². The third-order valence-corrected chi connectivity index (χ3v) is 5.84. The molecule has 3 aromatic rings. The first-order valence-corrected chi connectivity index (χ1v) is 11.9. The van der Waals surface area contributed by atoms with E-state index < -0.39 is 28.6 Å². The SMILES string of the molecule is CN(CCO)Cc1cccc(C(=O)Nc2ccc(Cl)cc2C(=O)NN=Cc2ccc(Cl)c(C(F)(F)F)c2)c1. The van der Waals surface area contributed by atoms with E-state index in [0.29, 0.717) is 18.7 Å². The van der Waals surface area contributed by atoms with E-state index in [1.807, 2.05) is 18.0 Å². The van der Waals surface area contributed by atoms with Crippen LogP contribution in [-0.2, 0) is 12.7 Å². The number of carbonyl (C=O) groups excluding carboxylic acids is 2. The van der Waals surface area contributed by atoms with Crippen molar-refractivity contribution in [3.8, 4) is 0 Å². The summed E-state index contributed by atoms with van der Waals surface area (Å²) in [5.74, 6) is -1.22. The first kappa shape index (κ1) is 29.1. The van der Waals surface area contributed by atoms with Gasteiger partial charge in [-0.3, -0.25) is 14.5 Å². The van der Waals surface area contributed by atoms with Gasteiger partial charge in [0.1, 0.15) is 0 Å². The van der Waals surface area contributed by atoms with Gasteiger partial charge >= 0.3 is 6.18 Å². The number of benzene rings is 3. The van der Waals surface area contributed by atoms with Crippen molar-refractivity contribution in [1.82, 2.24) is 10.3 Å². The van der Waals surface area contributed by atoms with Crippen molar-refractivity contribution >= 4 is 46.9 Å². The summed E-state index contributed by atoms with van der Waals surface area (Å²) in [4.78, 5) is 27.6. The predicted molar refractivity (Wildman–Crippen MR) is 141 cm³/mol. The molecule has 0 fully saturated rings. The summed E-state index contributed by atoms with van der Waals surface area (Å²) in [6.45, 7) is 1.01. The molecule has 0 saturated carbocycles. The monoisotopic (exact) mass is 566 g/mol. The fourth-order valence-electron chi connectivity index (χ4n) is 3.45. The Labute approximate surface area is 226 Å². The van der Waals surface area contributed by atoms with Crippen LogP contribution in [0.5, 0.6) is 0 Å². The molecule has 200 valence electrons. The van der Waals surface area contributed by atoms with Crippen LogP contribution in [0.4, 0.5) is 18.9 Å². The van der Waals surface area contributed by atoms with E-state index in [1.54, 1.807) is 18.2 Å². The highest BCUT2D eigenvalue weighted by Gasteiger charge is 2.33. The van der Waals surface area contributed by atoms with Gasteiger partial charge in [-0.25, -0.2) is 5.43 Å². The fraction of sp³-hybridized carbons (Fsp3) is 0.192. The van der Waals surface area contributed by atoms with Crippen LogP contribution in [0.15, 0.2) is 65.8 Å². The number of rotatable bonds is 9. The van der Waals surface area contributed by atoms with Crippen LogP contribution in [-0.4, -0.2) is 48.2 Å². The van der Waals surface area contributed by atoms with Gasteiger partial charge in [0.15, 0.2) is 0 Å². The van der Waals surface area contributed by atoms with Gasteiger partial charge < -0.3 is 10.4 Å². The summed E-state index contributed by atoms with van der Waals surface area (Å²) < 4.78 is 39.2. The number of likely N-dealkylation sites (N-methyl/N-ethyl adjacent to an activating group) is 1. The number of carbonyl (C=O) groups is 2. The van der Waals surface area contributed by atoms with Gasteiger partial charge in [0.05, 0.1) is 34.7 Å². The molecule has 0 heterocycles. The lowest BCUT2D eigenvalue weighted by Crippen LogP contribution is -2.22. The van der Waals surface area contributed by atoms with Crippen molar-refractivity contribution in [3.63, 3.8) is 0 Å². The zero-order valence-electron chi connectivity index (χ0n) is 20.0. The molecule has 3 rings (SSSR count). The van der Waals surface area contributed by atoms with Gasteiger partial charge in [-0.1, -0.05) is 41.4 Å². The van der Waals surface area contributed by atoms with Crippen LogP contribution in [0, 0.1) is 0 Å². The summed E-state index contributed by atoms with van der Waals surface area (Å²) in [7, 11) is 1.84. The average molecular weight is 567 g/mol. The zero-order chi connectivity index (χ0) is 27.9. The van der Waals surface area contributed by atoms with Gasteiger partial charge in [-0.2, -0.15) is 18.3 Å². The van der Waals surface area contributed by atoms with Gasteiger partial charge in [0.2, 0.25) is 0 Å². The molecule has 0 aliphatic rings. The van der Waals surface area contributed by atoms with Gasteiger partial charge in [0, 0.05) is 23.7 Å². The standard InChI is InChI=1S/C26H23Cl2F3N4O3/c1-35(9-10-36)15-17-3-2-4-18(11-17)24(37)33-23-8-6-19(27)13-20(23)25(38)34-32-14-16-5-7-22(28)21(12-16)26(29,30)31/h2-8,11-14,36H,9-10,15H2,1H3,(H,33,37)(H,34,38). The molecule has 0 spiro atoms. The van der Waals surface area contributed by atoms with Gasteiger partial charge in [-0.05, 0) is 60.6 Å². The smallest absolute Gasteiger partial charge is 0.395 e. The van der Waals surface area contributed by atoms with E-state index in [2.05, 4.69) is 15.8 Å². The number of alkyl halides is 3. The van der Waals surface area contributed by atoms with Crippen LogP contribution in [0.3, 0.4) is 0 Å². The molecule has 3 aromatic carbocycles. The lowest BCUT2D eigenvalue weighted by molar-refractivity contribution is -0.137. The number of nitrogens with one attached hydrogen (secondary N) is 2. The predicted octanol–water partition coefficient (Wildman–Crippen LogP) is 5.45. The molecule has 0 aliphatic carbocycles. The van der Waals surface area contributed by atoms with Crippen LogP contribution < -0.4 is 10.7 Å². The van der Waals surface area contributed by atoms with Crippen LogP contribution in [0.1, 0.15) is 37.4 Å². The highest BCUT2D eigenvalue weighted by Crippen LogP contribution is 2.34. The zero-order valence-corrected chi connectivity index (χ0v) is 21.5. The molecule has 0 radical (unpaired) electrons. The Hall–Kier alpha value is -3.44. The molecule has 0 saturated heterocycles. The minimum absolute atomic E-state index is 0.00563. The summed E-state index contributed by atoms with van der Waals surface area (Å²) in [5.41, 5.74) is 2.61. The third kappa shape index (κ3) is 8.03. The van der Waals surface area contributed by atoms with Gasteiger partial charge in [-0.15, -0.1) is 0 Å². The maximum absolute atomic E-state index is 13.1. The Morgan fingerprint density at radius 3 is 2.53 bits per heavy atom. The number of anilines is 1. The van der Waals surface area contributed by atoms with E-state index in [4.69, 9.17) is 28.3 Å². The second-order valence-electron chi connectivity index (χ2n) is 8.24. The highest BCUT2D eigenvalue weighted by molar-refractivity contribution is 6.31. The number of amides is 2. The minimum Gasteiger partial charge on any atom is -0.395 e. The number of hydrogen-bond acceptors (Lipinski definition) is 5. The molecule has 0 aromatic heterocycles. The van der Waals surface area contributed by atoms with Crippen molar-refractivity contribution in [2.75, 3.05) is 25.5 Å². The van der Waals surface area contributed by atoms with Gasteiger partial charge in [0.25, 0.3) is 11.8 Å². The van der Waals surface area contributed by atoms with E-state index in [-0.39, 0.29) is 28.4 Å². The second kappa shape index (κ2) is 12.9. The number of aliphatic hydroxyl groups excluding tert-OH is 1. The quantitative estimate of drug-likeness (QED) is 0.237. The fourth-order valence-corrected chi connectivity index (χ4v) is 3.84. The molecular formula is C26H23Cl2F3N4O3. The van der Waals surface area contributed by atoms with E-state index in [1.165, 1.54) is 24.3 Å². The average Bonchev–Trinajstić information content (AvgIpc) is 2.85. The second-order valence-corrected chi connectivity index (χ2v) is 9.09. The van der Waals surface area contributed by atoms with E-state index >= 15 is 0 Å².